The summed E-state index contributed by atoms with van der Waals surface area (Å²) >= 11 is 0. The van der Waals surface area contributed by atoms with E-state index in [1.54, 1.807) is 24.3 Å². The van der Waals surface area contributed by atoms with E-state index in [1.165, 1.54) is 0 Å². The minimum absolute atomic E-state index is 0.0810. The number of hydrogen-bond acceptors (Lipinski definition) is 5. The van der Waals surface area contributed by atoms with Crippen LogP contribution in [0.5, 0.6) is 11.5 Å². The van der Waals surface area contributed by atoms with Crippen molar-refractivity contribution in [1.82, 2.24) is 4.90 Å². The molecule has 0 saturated carbocycles. The summed E-state index contributed by atoms with van der Waals surface area (Å²) < 4.78 is 36.2. The molecule has 1 atom stereocenters. The fraction of sp³-hybridized carbons (Fsp3) is 0.333. The lowest BCUT2D eigenvalue weighted by atomic mass is 10.2. The number of sulfone groups is 1. The van der Waals surface area contributed by atoms with Crippen LogP contribution < -0.4 is 9.47 Å². The van der Waals surface area contributed by atoms with E-state index in [0.717, 1.165) is 11.5 Å². The van der Waals surface area contributed by atoms with Crippen LogP contribution in [0.15, 0.2) is 59.5 Å². The Kier molecular flexibility index (Phi) is 5.06. The van der Waals surface area contributed by atoms with Gasteiger partial charge in [0.15, 0.2) is 21.3 Å². The number of para-hydroxylation sites is 2. The molecule has 1 unspecified atom stereocenters. The van der Waals surface area contributed by atoms with E-state index in [1.807, 2.05) is 42.3 Å². The first-order valence-electron chi connectivity index (χ1n) is 7.89. The molecule has 3 rings (SSSR count). The first kappa shape index (κ1) is 16.8. The van der Waals surface area contributed by atoms with Crippen molar-refractivity contribution in [3.63, 3.8) is 0 Å². The van der Waals surface area contributed by atoms with Crippen LogP contribution in [0.3, 0.4) is 0 Å². The third-order valence-corrected chi connectivity index (χ3v) is 5.64. The minimum Gasteiger partial charge on any atom is -0.486 e. The molecule has 0 aliphatic carbocycles. The third-order valence-electron chi connectivity index (χ3n) is 3.93. The number of hydrogen-bond donors (Lipinski definition) is 0. The average molecular weight is 347 g/mol. The fourth-order valence-electron chi connectivity index (χ4n) is 2.61. The Labute approximate surface area is 142 Å². The van der Waals surface area contributed by atoms with Gasteiger partial charge in [0.2, 0.25) is 0 Å². The molecule has 6 heteroatoms. The van der Waals surface area contributed by atoms with Crippen LogP contribution in [-0.2, 0) is 9.84 Å². The molecule has 0 fully saturated rings. The van der Waals surface area contributed by atoms with Gasteiger partial charge in [0.25, 0.3) is 0 Å². The quantitative estimate of drug-likeness (QED) is 0.802. The van der Waals surface area contributed by atoms with Crippen LogP contribution in [-0.4, -0.2) is 51.9 Å². The van der Waals surface area contributed by atoms with E-state index in [0.29, 0.717) is 24.6 Å². The van der Waals surface area contributed by atoms with Crippen molar-refractivity contribution in [2.45, 2.75) is 11.0 Å². The normalized spacial score (nSPS) is 17.0. The molecule has 0 amide bonds. The Bertz CT molecular complexity index is 777. The number of likely N-dealkylation sites (N-methyl/N-ethyl adjacent to an activating group) is 1. The van der Waals surface area contributed by atoms with Crippen molar-refractivity contribution in [2.24, 2.45) is 0 Å². The second kappa shape index (κ2) is 7.23. The van der Waals surface area contributed by atoms with Gasteiger partial charge < -0.3 is 14.4 Å². The van der Waals surface area contributed by atoms with Crippen LogP contribution in [0.2, 0.25) is 0 Å². The van der Waals surface area contributed by atoms with E-state index < -0.39 is 9.84 Å². The first-order chi connectivity index (χ1) is 11.5. The number of rotatable bonds is 6. The molecule has 0 aromatic heterocycles. The molecule has 1 aliphatic rings. The van der Waals surface area contributed by atoms with E-state index in [-0.39, 0.29) is 11.9 Å². The predicted molar refractivity (Wildman–Crippen MR) is 92.3 cm³/mol. The molecule has 24 heavy (non-hydrogen) atoms. The molecule has 1 aliphatic heterocycles. The predicted octanol–water partition coefficient (Wildman–Crippen LogP) is 2.23. The zero-order chi connectivity index (χ0) is 17.0. The van der Waals surface area contributed by atoms with Crippen LogP contribution in [0.1, 0.15) is 0 Å². The first-order valence-corrected chi connectivity index (χ1v) is 9.55. The Morgan fingerprint density at radius 3 is 2.46 bits per heavy atom. The highest BCUT2D eigenvalue weighted by Crippen LogP contribution is 2.30. The summed E-state index contributed by atoms with van der Waals surface area (Å²) in [6.45, 7) is 1.52. The molecule has 2 aromatic rings. The number of benzene rings is 2. The van der Waals surface area contributed by atoms with Crippen molar-refractivity contribution in [3.8, 4) is 11.5 Å². The van der Waals surface area contributed by atoms with Gasteiger partial charge in [-0.3, -0.25) is 0 Å². The Morgan fingerprint density at radius 2 is 1.71 bits per heavy atom. The molecular formula is C18H21NO4S. The summed E-state index contributed by atoms with van der Waals surface area (Å²) in [6.07, 6.45) is -0.107. The summed E-state index contributed by atoms with van der Waals surface area (Å²) in [5, 5.41) is 0. The second-order valence-electron chi connectivity index (χ2n) is 5.89. The molecule has 0 spiro atoms. The third kappa shape index (κ3) is 4.07. The Hall–Kier alpha value is -2.05. The maximum absolute atomic E-state index is 12.3. The second-order valence-corrected chi connectivity index (χ2v) is 8.00. The molecular weight excluding hydrogens is 326 g/mol. The van der Waals surface area contributed by atoms with Gasteiger partial charge in [-0.25, -0.2) is 8.42 Å². The van der Waals surface area contributed by atoms with Gasteiger partial charge in [-0.05, 0) is 31.3 Å². The summed E-state index contributed by atoms with van der Waals surface area (Å²) in [5.74, 6) is 1.57. The fourth-order valence-corrected chi connectivity index (χ4v) is 3.97. The van der Waals surface area contributed by atoms with E-state index >= 15 is 0 Å². The lowest BCUT2D eigenvalue weighted by molar-refractivity contribution is 0.0669. The highest BCUT2D eigenvalue weighted by atomic mass is 32.2. The van der Waals surface area contributed by atoms with Gasteiger partial charge in [0.1, 0.15) is 12.7 Å². The summed E-state index contributed by atoms with van der Waals surface area (Å²) in [6, 6.07) is 16.1. The monoisotopic (exact) mass is 347 g/mol. The van der Waals surface area contributed by atoms with Crippen molar-refractivity contribution in [3.05, 3.63) is 54.6 Å². The van der Waals surface area contributed by atoms with E-state index in [9.17, 15) is 8.42 Å². The molecule has 0 saturated heterocycles. The van der Waals surface area contributed by atoms with Crippen LogP contribution in [0.25, 0.3) is 0 Å². The lowest BCUT2D eigenvalue weighted by Gasteiger charge is -2.29. The molecule has 0 radical (unpaired) electrons. The Balaban J connectivity index is 1.53. The smallest absolute Gasteiger partial charge is 0.179 e. The summed E-state index contributed by atoms with van der Waals surface area (Å²) in [4.78, 5) is 2.33. The van der Waals surface area contributed by atoms with Crippen LogP contribution in [0.4, 0.5) is 0 Å². The largest absolute Gasteiger partial charge is 0.486 e. The van der Waals surface area contributed by atoms with Crippen molar-refractivity contribution < 1.29 is 17.9 Å². The van der Waals surface area contributed by atoms with Crippen LogP contribution in [0, 0.1) is 0 Å². The van der Waals surface area contributed by atoms with Crippen molar-refractivity contribution >= 4 is 9.84 Å². The average Bonchev–Trinajstić information content (AvgIpc) is 2.61. The van der Waals surface area contributed by atoms with Gasteiger partial charge in [-0.15, -0.1) is 0 Å². The number of nitrogens with zero attached hydrogens (tertiary/aromatic N) is 1. The van der Waals surface area contributed by atoms with Gasteiger partial charge in [-0.1, -0.05) is 30.3 Å². The van der Waals surface area contributed by atoms with Gasteiger partial charge in [-0.2, -0.15) is 0 Å². The maximum atomic E-state index is 12.3. The molecule has 2 aromatic carbocycles. The topological polar surface area (TPSA) is 55.8 Å². The SMILES string of the molecule is CN(CCS(=O)(=O)c1ccccc1)CC1COc2ccccc2O1. The van der Waals surface area contributed by atoms with Gasteiger partial charge >= 0.3 is 0 Å². The van der Waals surface area contributed by atoms with Crippen molar-refractivity contribution in [2.75, 3.05) is 32.5 Å². The highest BCUT2D eigenvalue weighted by Gasteiger charge is 2.23. The summed E-state index contributed by atoms with van der Waals surface area (Å²) in [7, 11) is -1.37. The van der Waals surface area contributed by atoms with Crippen molar-refractivity contribution in [1.29, 1.82) is 0 Å². The molecule has 128 valence electrons. The van der Waals surface area contributed by atoms with Crippen LogP contribution >= 0.6 is 0 Å². The van der Waals surface area contributed by atoms with Gasteiger partial charge in [0.05, 0.1) is 10.6 Å². The summed E-state index contributed by atoms with van der Waals surface area (Å²) in [5.41, 5.74) is 0. The lowest BCUT2D eigenvalue weighted by Crippen LogP contribution is -2.40. The maximum Gasteiger partial charge on any atom is 0.179 e. The number of ether oxygens (including phenoxy) is 2. The minimum atomic E-state index is -3.26. The van der Waals surface area contributed by atoms with Gasteiger partial charge in [0, 0.05) is 13.1 Å². The number of fused-ring (bicyclic) bond motifs is 1. The standard InChI is InChI=1S/C18H21NO4S/c1-19(11-12-24(20,21)16-7-3-2-4-8-16)13-15-14-22-17-9-5-6-10-18(17)23-15/h2-10,15H,11-14H2,1H3. The van der Waals surface area contributed by atoms with E-state index in [2.05, 4.69) is 0 Å². The molecule has 0 N–H and O–H groups in total. The zero-order valence-corrected chi connectivity index (χ0v) is 14.4. The zero-order valence-electron chi connectivity index (χ0n) is 13.6. The molecule has 0 bridgehead atoms. The van der Waals surface area contributed by atoms with E-state index in [4.69, 9.17) is 9.47 Å². The Morgan fingerprint density at radius 1 is 1.04 bits per heavy atom. The molecule has 5 nitrogen and oxygen atoms in total. The highest BCUT2D eigenvalue weighted by molar-refractivity contribution is 7.91. The molecule has 1 heterocycles.